The van der Waals surface area contributed by atoms with E-state index in [1.807, 2.05) is 32.9 Å². The van der Waals surface area contributed by atoms with Gasteiger partial charge in [0.15, 0.2) is 0 Å². The Morgan fingerprint density at radius 2 is 1.75 bits per heavy atom. The fourth-order valence-electron chi connectivity index (χ4n) is 5.38. The Kier molecular flexibility index (Phi) is 8.41. The maximum atomic E-state index is 14.4. The molecule has 1 unspecified atom stereocenters. The summed E-state index contributed by atoms with van der Waals surface area (Å²) in [6.07, 6.45) is 2.60. The molecule has 1 saturated carbocycles. The highest BCUT2D eigenvalue weighted by Crippen LogP contribution is 2.36. The molecule has 8 nitrogen and oxygen atoms in total. The number of carbonyl (C=O) groups is 3. The van der Waals surface area contributed by atoms with E-state index in [0.717, 1.165) is 17.8 Å². The number of anilines is 1. The minimum Gasteiger partial charge on any atom is -0.368 e. The molecule has 3 N–H and O–H groups in total. The first-order valence-corrected chi connectivity index (χ1v) is 13.6. The van der Waals surface area contributed by atoms with Crippen molar-refractivity contribution in [3.63, 3.8) is 0 Å². The lowest BCUT2D eigenvalue weighted by molar-refractivity contribution is -0.124. The number of rotatable bonds is 6. The van der Waals surface area contributed by atoms with Crippen molar-refractivity contribution in [2.75, 3.05) is 11.4 Å². The molecule has 11 heteroatoms. The average molecular weight is 560 g/mol. The van der Waals surface area contributed by atoms with E-state index in [-0.39, 0.29) is 43.2 Å². The van der Waals surface area contributed by atoms with E-state index in [4.69, 9.17) is 5.73 Å². The van der Waals surface area contributed by atoms with Crippen molar-refractivity contribution in [1.82, 2.24) is 15.2 Å². The fourth-order valence-corrected chi connectivity index (χ4v) is 5.38. The number of nitrogens with zero attached hydrogens (tertiary/aromatic N) is 3. The number of hydrogen-bond acceptors (Lipinski definition) is 4. The highest BCUT2D eigenvalue weighted by atomic mass is 19.3. The molecule has 2 aromatic rings. The van der Waals surface area contributed by atoms with Gasteiger partial charge in [0, 0.05) is 42.9 Å². The van der Waals surface area contributed by atoms with Gasteiger partial charge in [-0.2, -0.15) is 0 Å². The summed E-state index contributed by atoms with van der Waals surface area (Å²) in [5, 5.41) is 2.81. The lowest BCUT2D eigenvalue weighted by Crippen LogP contribution is -2.54. The van der Waals surface area contributed by atoms with Crippen molar-refractivity contribution in [1.29, 1.82) is 0 Å². The van der Waals surface area contributed by atoms with Crippen molar-refractivity contribution < 1.29 is 27.6 Å². The van der Waals surface area contributed by atoms with Gasteiger partial charge in [0.1, 0.15) is 17.9 Å². The van der Waals surface area contributed by atoms with Crippen molar-refractivity contribution in [2.45, 2.75) is 88.8 Å². The summed E-state index contributed by atoms with van der Waals surface area (Å²) in [6.45, 7) is 6.36. The molecule has 2 fully saturated rings. The van der Waals surface area contributed by atoms with Gasteiger partial charge in [-0.05, 0) is 54.9 Å². The largest absolute Gasteiger partial charge is 0.368 e. The van der Waals surface area contributed by atoms with E-state index >= 15 is 0 Å². The highest BCUT2D eigenvalue weighted by molar-refractivity contribution is 6.02. The van der Waals surface area contributed by atoms with E-state index < -0.39 is 47.7 Å². The van der Waals surface area contributed by atoms with Crippen LogP contribution in [-0.4, -0.2) is 52.3 Å². The van der Waals surface area contributed by atoms with Gasteiger partial charge in [-0.25, -0.2) is 18.0 Å². The zero-order valence-electron chi connectivity index (χ0n) is 23.0. The van der Waals surface area contributed by atoms with Crippen LogP contribution in [0.3, 0.4) is 0 Å². The number of hydrogen-bond donors (Lipinski definition) is 2. The highest BCUT2D eigenvalue weighted by Gasteiger charge is 2.42. The number of nitrogens with two attached hydrogens (primary N) is 1. The summed E-state index contributed by atoms with van der Waals surface area (Å²) in [7, 11) is 0. The quantitative estimate of drug-likeness (QED) is 0.529. The van der Waals surface area contributed by atoms with Crippen LogP contribution in [0.2, 0.25) is 0 Å². The number of primary amides is 1. The first-order valence-electron chi connectivity index (χ1n) is 13.6. The lowest BCUT2D eigenvalue weighted by atomic mass is 9.87. The number of urea groups is 1. The first kappa shape index (κ1) is 29.4. The summed E-state index contributed by atoms with van der Waals surface area (Å²) in [5.74, 6) is -4.82. The van der Waals surface area contributed by atoms with Crippen molar-refractivity contribution in [3.05, 3.63) is 59.7 Å². The summed E-state index contributed by atoms with van der Waals surface area (Å²) < 4.78 is 41.9. The fraction of sp³-hybridized carbons (Fsp3) is 0.517. The van der Waals surface area contributed by atoms with E-state index in [9.17, 15) is 27.6 Å². The van der Waals surface area contributed by atoms with Crippen LogP contribution in [0.25, 0.3) is 0 Å². The smallest absolute Gasteiger partial charge is 0.326 e. The van der Waals surface area contributed by atoms with Gasteiger partial charge in [-0.15, -0.1) is 0 Å². The van der Waals surface area contributed by atoms with Gasteiger partial charge >= 0.3 is 6.03 Å². The number of aromatic nitrogens is 1. The molecule has 2 heterocycles. The number of likely N-dealkylation sites (tertiary alicyclic amines) is 1. The van der Waals surface area contributed by atoms with Crippen LogP contribution in [0.1, 0.15) is 76.5 Å². The Morgan fingerprint density at radius 3 is 2.33 bits per heavy atom. The molecule has 1 aliphatic heterocycles. The number of benzene rings is 1. The third kappa shape index (κ3) is 6.56. The van der Waals surface area contributed by atoms with Gasteiger partial charge in [0.25, 0.3) is 0 Å². The van der Waals surface area contributed by atoms with Crippen LogP contribution in [0.15, 0.2) is 42.7 Å². The van der Waals surface area contributed by atoms with Crippen molar-refractivity contribution in [2.24, 2.45) is 5.73 Å². The molecule has 1 saturated heterocycles. The molecule has 0 radical (unpaired) electrons. The van der Waals surface area contributed by atoms with Crippen LogP contribution in [0.4, 0.5) is 23.7 Å². The molecule has 0 bridgehead atoms. The van der Waals surface area contributed by atoms with E-state index in [0.29, 0.717) is 18.5 Å². The molecular formula is C29H36F3N5O3. The standard InChI is InChI=1S/C29H36F3N5O3/c1-28(2,3)19-6-8-22(9-7-19)37(27(40)36-14-4-5-23(36)25(33)38)24(18-15-20(30)17-34-16-18)26(39)35-21-10-12-29(31,32)13-11-21/h6-9,15-17,21,23-24H,4-5,10-14H2,1-3H3,(H2,33,38)(H,35,39)/t23-,24?/m1/s1. The van der Waals surface area contributed by atoms with Crippen LogP contribution in [0, 0.1) is 5.82 Å². The summed E-state index contributed by atoms with van der Waals surface area (Å²) >= 11 is 0. The van der Waals surface area contributed by atoms with E-state index in [1.54, 1.807) is 12.1 Å². The third-order valence-electron chi connectivity index (χ3n) is 7.66. The van der Waals surface area contributed by atoms with Gasteiger partial charge in [-0.1, -0.05) is 32.9 Å². The van der Waals surface area contributed by atoms with Crippen molar-refractivity contribution in [3.8, 4) is 0 Å². The predicted molar refractivity (Wildman–Crippen MR) is 144 cm³/mol. The van der Waals surface area contributed by atoms with Gasteiger partial charge in [-0.3, -0.25) is 19.5 Å². The summed E-state index contributed by atoms with van der Waals surface area (Å²) in [5.41, 5.74) is 6.83. The van der Waals surface area contributed by atoms with Crippen LogP contribution < -0.4 is 16.0 Å². The molecule has 216 valence electrons. The minimum absolute atomic E-state index is 0.0664. The number of halogens is 3. The second-order valence-electron chi connectivity index (χ2n) is 11.7. The Hall–Kier alpha value is -3.63. The normalized spacial score (nSPS) is 20.1. The van der Waals surface area contributed by atoms with Crippen LogP contribution in [-0.2, 0) is 15.0 Å². The SMILES string of the molecule is CC(C)(C)c1ccc(N(C(=O)N2CCC[C@@H]2C(N)=O)C(C(=O)NC2CCC(F)(F)CC2)c2cncc(F)c2)cc1. The number of alkyl halides is 2. The predicted octanol–water partition coefficient (Wildman–Crippen LogP) is 4.83. The number of carbonyl (C=O) groups excluding carboxylic acids is 3. The van der Waals surface area contributed by atoms with Crippen molar-refractivity contribution >= 4 is 23.5 Å². The molecule has 0 spiro atoms. The van der Waals surface area contributed by atoms with Gasteiger partial charge < -0.3 is 16.0 Å². The maximum Gasteiger partial charge on any atom is 0.326 e. The van der Waals surface area contributed by atoms with Gasteiger partial charge in [0.2, 0.25) is 17.7 Å². The molecular weight excluding hydrogens is 523 g/mol. The Morgan fingerprint density at radius 1 is 1.10 bits per heavy atom. The number of nitrogens with one attached hydrogen (secondary N) is 1. The Bertz CT molecular complexity index is 1240. The molecule has 1 aliphatic carbocycles. The molecule has 2 aliphatic rings. The minimum atomic E-state index is -2.79. The lowest BCUT2D eigenvalue weighted by Gasteiger charge is -2.37. The summed E-state index contributed by atoms with van der Waals surface area (Å²) in [6, 6.07) is 4.74. The molecule has 1 aromatic carbocycles. The average Bonchev–Trinajstić information content (AvgIpc) is 3.38. The van der Waals surface area contributed by atoms with Crippen LogP contribution in [0.5, 0.6) is 0 Å². The monoisotopic (exact) mass is 559 g/mol. The Labute approximate surface area is 232 Å². The zero-order valence-corrected chi connectivity index (χ0v) is 23.0. The van der Waals surface area contributed by atoms with E-state index in [1.165, 1.54) is 16.0 Å². The summed E-state index contributed by atoms with van der Waals surface area (Å²) in [4.78, 5) is 46.7. The number of pyridine rings is 1. The van der Waals surface area contributed by atoms with Gasteiger partial charge in [0.05, 0.1) is 6.20 Å². The van der Waals surface area contributed by atoms with Crippen LogP contribution >= 0.6 is 0 Å². The molecule has 40 heavy (non-hydrogen) atoms. The molecule has 1 aromatic heterocycles. The third-order valence-corrected chi connectivity index (χ3v) is 7.66. The second kappa shape index (κ2) is 11.5. The first-order chi connectivity index (χ1) is 18.8. The molecule has 4 amide bonds. The molecule has 2 atom stereocenters. The zero-order chi connectivity index (χ0) is 29.2. The Balaban J connectivity index is 1.78. The topological polar surface area (TPSA) is 109 Å². The van der Waals surface area contributed by atoms with E-state index in [2.05, 4.69) is 10.3 Å². The second-order valence-corrected chi connectivity index (χ2v) is 11.7. The maximum absolute atomic E-state index is 14.4. The number of amides is 4. The molecule has 4 rings (SSSR count).